The van der Waals surface area contributed by atoms with Gasteiger partial charge in [-0.15, -0.1) is 0 Å². The molecule has 0 bridgehead atoms. The molecule has 1 aromatic rings. The molecule has 1 aliphatic heterocycles. The smallest absolute Gasteiger partial charge is 0.257 e. The second-order valence-electron chi connectivity index (χ2n) is 5.14. The van der Waals surface area contributed by atoms with Crippen LogP contribution in [0, 0.1) is 22.6 Å². The zero-order valence-corrected chi connectivity index (χ0v) is 10.7. The third kappa shape index (κ3) is 2.53. The number of phenolic OH excluding ortho intramolecular Hbond substituents is 1. The van der Waals surface area contributed by atoms with Gasteiger partial charge in [-0.3, -0.25) is 4.79 Å². The fourth-order valence-electron chi connectivity index (χ4n) is 2.36. The van der Waals surface area contributed by atoms with Gasteiger partial charge in [0.05, 0.1) is 17.0 Å². The molecular formula is C14H15FN2O2. The number of para-hydroxylation sites is 1. The van der Waals surface area contributed by atoms with Crippen molar-refractivity contribution in [3.63, 3.8) is 0 Å². The van der Waals surface area contributed by atoms with E-state index in [0.29, 0.717) is 13.1 Å². The van der Waals surface area contributed by atoms with Crippen LogP contribution in [0.1, 0.15) is 30.1 Å². The number of aromatic hydroxyl groups is 1. The van der Waals surface area contributed by atoms with E-state index in [0.717, 1.165) is 18.9 Å². The van der Waals surface area contributed by atoms with E-state index in [1.54, 1.807) is 6.92 Å². The molecule has 2 rings (SSSR count). The highest BCUT2D eigenvalue weighted by Crippen LogP contribution is 2.30. The van der Waals surface area contributed by atoms with Gasteiger partial charge in [0.2, 0.25) is 0 Å². The first-order chi connectivity index (χ1) is 8.97. The monoisotopic (exact) mass is 262 g/mol. The molecule has 1 aliphatic rings. The number of hydrogen-bond acceptors (Lipinski definition) is 3. The van der Waals surface area contributed by atoms with Crippen molar-refractivity contribution in [2.24, 2.45) is 5.41 Å². The number of piperidine rings is 1. The van der Waals surface area contributed by atoms with Crippen molar-refractivity contribution in [3.05, 3.63) is 29.6 Å². The Balaban J connectivity index is 2.25. The molecule has 1 amide bonds. The van der Waals surface area contributed by atoms with Crippen LogP contribution in [0.25, 0.3) is 0 Å². The first kappa shape index (κ1) is 13.3. The molecule has 1 saturated heterocycles. The summed E-state index contributed by atoms with van der Waals surface area (Å²) in [5.74, 6) is -1.87. The third-order valence-corrected chi connectivity index (χ3v) is 3.47. The molecule has 1 N–H and O–H groups in total. The van der Waals surface area contributed by atoms with Crippen LogP contribution < -0.4 is 0 Å². The summed E-state index contributed by atoms with van der Waals surface area (Å²) in [5.41, 5.74) is -0.626. The minimum atomic E-state index is -0.814. The molecule has 1 fully saturated rings. The lowest BCUT2D eigenvalue weighted by atomic mass is 9.83. The van der Waals surface area contributed by atoms with Crippen LogP contribution in [-0.2, 0) is 0 Å². The number of rotatable bonds is 1. The fraction of sp³-hybridized carbons (Fsp3) is 0.429. The number of nitriles is 1. The average Bonchev–Trinajstić information content (AvgIpc) is 2.41. The Bertz CT molecular complexity index is 553. The molecule has 100 valence electrons. The zero-order valence-electron chi connectivity index (χ0n) is 10.7. The molecule has 4 nitrogen and oxygen atoms in total. The molecule has 1 unspecified atom stereocenters. The number of carbonyl (C=O) groups excluding carboxylic acids is 1. The fourth-order valence-corrected chi connectivity index (χ4v) is 2.36. The van der Waals surface area contributed by atoms with Crippen LogP contribution in [0.2, 0.25) is 0 Å². The van der Waals surface area contributed by atoms with Crippen LogP contribution in [0.4, 0.5) is 4.39 Å². The van der Waals surface area contributed by atoms with Crippen molar-refractivity contribution in [1.82, 2.24) is 4.90 Å². The molecule has 0 aromatic heterocycles. The number of likely N-dealkylation sites (tertiary alicyclic amines) is 1. The quantitative estimate of drug-likeness (QED) is 0.844. The molecule has 1 aromatic carbocycles. The topological polar surface area (TPSA) is 64.3 Å². The normalized spacial score (nSPS) is 22.9. The molecule has 1 heterocycles. The Morgan fingerprint density at radius 1 is 1.58 bits per heavy atom. The predicted molar refractivity (Wildman–Crippen MR) is 66.9 cm³/mol. The minimum Gasteiger partial charge on any atom is -0.504 e. The number of nitrogens with zero attached hydrogens (tertiary/aromatic N) is 2. The van der Waals surface area contributed by atoms with Gasteiger partial charge in [-0.1, -0.05) is 6.07 Å². The van der Waals surface area contributed by atoms with Gasteiger partial charge in [0, 0.05) is 13.1 Å². The summed E-state index contributed by atoms with van der Waals surface area (Å²) in [4.78, 5) is 13.8. The van der Waals surface area contributed by atoms with Gasteiger partial charge in [-0.2, -0.15) is 5.26 Å². The number of carbonyl (C=O) groups is 1. The summed E-state index contributed by atoms with van der Waals surface area (Å²) in [6.07, 6.45) is 1.47. The maximum absolute atomic E-state index is 13.3. The van der Waals surface area contributed by atoms with Gasteiger partial charge in [0.1, 0.15) is 0 Å². The minimum absolute atomic E-state index is 0.0535. The number of amides is 1. The number of halogens is 1. The Morgan fingerprint density at radius 2 is 2.32 bits per heavy atom. The lowest BCUT2D eigenvalue weighted by Gasteiger charge is -2.36. The van der Waals surface area contributed by atoms with E-state index in [-0.39, 0.29) is 5.56 Å². The van der Waals surface area contributed by atoms with Crippen molar-refractivity contribution >= 4 is 5.91 Å². The van der Waals surface area contributed by atoms with Crippen molar-refractivity contribution in [1.29, 1.82) is 5.26 Å². The first-order valence-corrected chi connectivity index (χ1v) is 6.15. The molecular weight excluding hydrogens is 247 g/mol. The maximum atomic E-state index is 13.3. The summed E-state index contributed by atoms with van der Waals surface area (Å²) in [6, 6.07) is 6.08. The van der Waals surface area contributed by atoms with Gasteiger partial charge in [-0.05, 0) is 31.9 Å². The van der Waals surface area contributed by atoms with Gasteiger partial charge >= 0.3 is 0 Å². The Morgan fingerprint density at radius 3 is 3.00 bits per heavy atom. The van der Waals surface area contributed by atoms with Gasteiger partial charge in [0.15, 0.2) is 11.6 Å². The zero-order chi connectivity index (χ0) is 14.0. The third-order valence-electron chi connectivity index (χ3n) is 3.47. The second kappa shape index (κ2) is 4.88. The summed E-state index contributed by atoms with van der Waals surface area (Å²) in [6.45, 7) is 2.63. The van der Waals surface area contributed by atoms with Gasteiger partial charge < -0.3 is 10.0 Å². The first-order valence-electron chi connectivity index (χ1n) is 6.15. The molecule has 1 atom stereocenters. The highest BCUT2D eigenvalue weighted by atomic mass is 19.1. The molecule has 19 heavy (non-hydrogen) atoms. The van der Waals surface area contributed by atoms with Crippen molar-refractivity contribution < 1.29 is 14.3 Å². The van der Waals surface area contributed by atoms with E-state index in [1.807, 2.05) is 0 Å². The molecule has 0 aliphatic carbocycles. The lowest BCUT2D eigenvalue weighted by Crippen LogP contribution is -2.44. The highest BCUT2D eigenvalue weighted by Gasteiger charge is 2.34. The second-order valence-corrected chi connectivity index (χ2v) is 5.14. The van der Waals surface area contributed by atoms with Crippen molar-refractivity contribution in [3.8, 4) is 11.8 Å². The SMILES string of the molecule is CC1(C#N)CCCN(C(=O)c2cccc(F)c2O)C1. The maximum Gasteiger partial charge on any atom is 0.257 e. The van der Waals surface area contributed by atoms with Crippen LogP contribution in [0.15, 0.2) is 18.2 Å². The van der Waals surface area contributed by atoms with Crippen molar-refractivity contribution in [2.75, 3.05) is 13.1 Å². The number of benzene rings is 1. The van der Waals surface area contributed by atoms with E-state index in [2.05, 4.69) is 6.07 Å². The lowest BCUT2D eigenvalue weighted by molar-refractivity contribution is 0.0626. The molecule has 0 spiro atoms. The average molecular weight is 262 g/mol. The summed E-state index contributed by atoms with van der Waals surface area (Å²) in [5, 5.41) is 18.7. The Hall–Kier alpha value is -2.09. The molecule has 5 heteroatoms. The van der Waals surface area contributed by atoms with E-state index in [9.17, 15) is 14.3 Å². The number of hydrogen-bond donors (Lipinski definition) is 1. The van der Waals surface area contributed by atoms with Crippen LogP contribution in [-0.4, -0.2) is 29.0 Å². The van der Waals surface area contributed by atoms with Gasteiger partial charge in [-0.25, -0.2) is 4.39 Å². The van der Waals surface area contributed by atoms with Crippen LogP contribution >= 0.6 is 0 Å². The Labute approximate surface area is 111 Å². The van der Waals surface area contributed by atoms with Crippen LogP contribution in [0.3, 0.4) is 0 Å². The summed E-state index contributed by atoms with van der Waals surface area (Å²) < 4.78 is 13.3. The summed E-state index contributed by atoms with van der Waals surface area (Å²) >= 11 is 0. The standard InChI is InChI=1S/C14H15FN2O2/c1-14(8-16)6-3-7-17(9-14)13(19)10-4-2-5-11(15)12(10)18/h2,4-5,18H,3,6-7,9H2,1H3. The highest BCUT2D eigenvalue weighted by molar-refractivity contribution is 5.97. The predicted octanol–water partition coefficient (Wildman–Crippen LogP) is 2.30. The molecule has 0 radical (unpaired) electrons. The van der Waals surface area contributed by atoms with E-state index < -0.39 is 22.9 Å². The van der Waals surface area contributed by atoms with Crippen molar-refractivity contribution in [2.45, 2.75) is 19.8 Å². The largest absolute Gasteiger partial charge is 0.504 e. The summed E-state index contributed by atoms with van der Waals surface area (Å²) in [7, 11) is 0. The van der Waals surface area contributed by atoms with E-state index in [4.69, 9.17) is 5.26 Å². The van der Waals surface area contributed by atoms with Crippen LogP contribution in [0.5, 0.6) is 5.75 Å². The van der Waals surface area contributed by atoms with Gasteiger partial charge in [0.25, 0.3) is 5.91 Å². The van der Waals surface area contributed by atoms with E-state index >= 15 is 0 Å². The molecule has 0 saturated carbocycles. The number of phenols is 1. The van der Waals surface area contributed by atoms with E-state index in [1.165, 1.54) is 17.0 Å². The Kier molecular flexibility index (Phi) is 3.43.